The van der Waals surface area contributed by atoms with Crippen LogP contribution in [0.5, 0.6) is 0 Å². The van der Waals surface area contributed by atoms with Gasteiger partial charge in [0.15, 0.2) is 6.61 Å². The summed E-state index contributed by atoms with van der Waals surface area (Å²) in [5, 5.41) is 4.62. The maximum atomic E-state index is 12.4. The van der Waals surface area contributed by atoms with Crippen LogP contribution in [0.3, 0.4) is 0 Å². The molecule has 0 spiro atoms. The van der Waals surface area contributed by atoms with Crippen molar-refractivity contribution >= 4 is 23.2 Å². The highest BCUT2D eigenvalue weighted by Gasteiger charge is 2.17. The first-order valence-electron chi connectivity index (χ1n) is 8.76. The van der Waals surface area contributed by atoms with E-state index in [1.807, 2.05) is 73.0 Å². The summed E-state index contributed by atoms with van der Waals surface area (Å²) in [6, 6.07) is 19.8. The number of carbonyl (C=O) groups excluding carboxylic acids is 2. The Labute approximate surface area is 162 Å². The average molecular weight is 379 g/mol. The second kappa shape index (κ2) is 9.14. The van der Waals surface area contributed by atoms with Gasteiger partial charge in [0.1, 0.15) is 4.88 Å². The number of carbonyl (C=O) groups is 2. The number of nitrogens with one attached hydrogen (secondary N) is 1. The summed E-state index contributed by atoms with van der Waals surface area (Å²) in [6.07, 6.45) is 0.739. The highest BCUT2D eigenvalue weighted by molar-refractivity contribution is 7.12. The maximum absolute atomic E-state index is 12.4. The zero-order chi connectivity index (χ0) is 19.1. The highest BCUT2D eigenvalue weighted by Crippen LogP contribution is 2.29. The molecule has 0 radical (unpaired) electrons. The maximum Gasteiger partial charge on any atom is 0.349 e. The molecule has 0 fully saturated rings. The van der Waals surface area contributed by atoms with E-state index in [2.05, 4.69) is 5.32 Å². The van der Waals surface area contributed by atoms with Gasteiger partial charge in [0.05, 0.1) is 0 Å². The molecular formula is C22H21NO3S. The normalized spacial score (nSPS) is 10.4. The van der Waals surface area contributed by atoms with Crippen LogP contribution in [0.2, 0.25) is 0 Å². The van der Waals surface area contributed by atoms with E-state index in [1.165, 1.54) is 11.3 Å². The third kappa shape index (κ3) is 5.28. The molecule has 138 valence electrons. The lowest BCUT2D eigenvalue weighted by Gasteiger charge is -2.07. The minimum atomic E-state index is -0.473. The number of hydrogen-bond donors (Lipinski definition) is 1. The largest absolute Gasteiger partial charge is 0.451 e. The molecule has 4 nitrogen and oxygen atoms in total. The number of rotatable bonds is 7. The molecule has 1 heterocycles. The van der Waals surface area contributed by atoms with E-state index in [-0.39, 0.29) is 12.5 Å². The van der Waals surface area contributed by atoms with Gasteiger partial charge in [-0.2, -0.15) is 0 Å². The molecule has 27 heavy (non-hydrogen) atoms. The first-order chi connectivity index (χ1) is 13.1. The minimum Gasteiger partial charge on any atom is -0.451 e. The van der Waals surface area contributed by atoms with E-state index in [0.29, 0.717) is 11.4 Å². The van der Waals surface area contributed by atoms with Crippen molar-refractivity contribution in [3.05, 3.63) is 82.0 Å². The number of thiophene rings is 1. The van der Waals surface area contributed by atoms with Crippen molar-refractivity contribution in [2.24, 2.45) is 0 Å². The number of hydrogen-bond acceptors (Lipinski definition) is 4. The zero-order valence-corrected chi connectivity index (χ0v) is 15.9. The molecule has 3 rings (SSSR count). The van der Waals surface area contributed by atoms with Crippen molar-refractivity contribution in [3.63, 3.8) is 0 Å². The molecule has 0 aliphatic rings. The predicted octanol–water partition coefficient (Wildman–Crippen LogP) is 4.24. The van der Waals surface area contributed by atoms with E-state index in [9.17, 15) is 9.59 Å². The van der Waals surface area contributed by atoms with Crippen LogP contribution in [0.4, 0.5) is 0 Å². The van der Waals surface area contributed by atoms with Crippen LogP contribution in [0.25, 0.3) is 11.1 Å². The van der Waals surface area contributed by atoms with Gasteiger partial charge in [-0.25, -0.2) is 4.79 Å². The Morgan fingerprint density at radius 2 is 1.74 bits per heavy atom. The fourth-order valence-electron chi connectivity index (χ4n) is 2.67. The molecule has 0 bridgehead atoms. The van der Waals surface area contributed by atoms with Crippen molar-refractivity contribution in [3.8, 4) is 11.1 Å². The fraction of sp³-hybridized carbons (Fsp3) is 0.182. The van der Waals surface area contributed by atoms with Crippen LogP contribution >= 0.6 is 11.3 Å². The zero-order valence-electron chi connectivity index (χ0n) is 15.1. The summed E-state index contributed by atoms with van der Waals surface area (Å²) in [5.41, 5.74) is 4.09. The summed E-state index contributed by atoms with van der Waals surface area (Å²) in [4.78, 5) is 24.8. The SMILES string of the molecule is Cc1ccc(-c2ccsc2C(=O)OCC(=O)NCCc2ccccc2)cc1. The fourth-order valence-corrected chi connectivity index (χ4v) is 3.47. The van der Waals surface area contributed by atoms with Crippen LogP contribution in [0.15, 0.2) is 66.0 Å². The van der Waals surface area contributed by atoms with Gasteiger partial charge in [-0.1, -0.05) is 60.2 Å². The van der Waals surface area contributed by atoms with Gasteiger partial charge in [-0.3, -0.25) is 4.79 Å². The molecule has 0 saturated heterocycles. The van der Waals surface area contributed by atoms with Crippen molar-refractivity contribution in [1.82, 2.24) is 5.32 Å². The van der Waals surface area contributed by atoms with Gasteiger partial charge in [0, 0.05) is 12.1 Å². The lowest BCUT2D eigenvalue weighted by atomic mass is 10.1. The van der Waals surface area contributed by atoms with Crippen LogP contribution in [-0.2, 0) is 16.0 Å². The van der Waals surface area contributed by atoms with Crippen molar-refractivity contribution in [2.45, 2.75) is 13.3 Å². The Hall–Kier alpha value is -2.92. The summed E-state index contributed by atoms with van der Waals surface area (Å²) < 4.78 is 5.20. The molecule has 1 aromatic heterocycles. The third-order valence-electron chi connectivity index (χ3n) is 4.13. The Kier molecular flexibility index (Phi) is 6.39. The lowest BCUT2D eigenvalue weighted by Crippen LogP contribution is -2.30. The minimum absolute atomic E-state index is 0.279. The second-order valence-corrected chi connectivity index (χ2v) is 7.11. The molecule has 3 aromatic rings. The number of amides is 1. The number of benzene rings is 2. The van der Waals surface area contributed by atoms with Gasteiger partial charge in [0.2, 0.25) is 0 Å². The van der Waals surface area contributed by atoms with Crippen LogP contribution in [0, 0.1) is 6.92 Å². The molecule has 1 amide bonds. The first kappa shape index (κ1) is 18.9. The quantitative estimate of drug-likeness (QED) is 0.625. The van der Waals surface area contributed by atoms with E-state index in [4.69, 9.17) is 4.74 Å². The van der Waals surface area contributed by atoms with Gasteiger partial charge in [-0.15, -0.1) is 11.3 Å². The lowest BCUT2D eigenvalue weighted by molar-refractivity contribution is -0.124. The number of esters is 1. The average Bonchev–Trinajstić information content (AvgIpc) is 3.17. The monoisotopic (exact) mass is 379 g/mol. The van der Waals surface area contributed by atoms with E-state index in [1.54, 1.807) is 0 Å². The Balaban J connectivity index is 1.50. The van der Waals surface area contributed by atoms with Gasteiger partial charge >= 0.3 is 5.97 Å². The van der Waals surface area contributed by atoms with Crippen LogP contribution in [-0.4, -0.2) is 25.0 Å². The predicted molar refractivity (Wildman–Crippen MR) is 108 cm³/mol. The number of ether oxygens (including phenoxy) is 1. The van der Waals surface area contributed by atoms with E-state index < -0.39 is 5.97 Å². The van der Waals surface area contributed by atoms with E-state index >= 15 is 0 Å². The summed E-state index contributed by atoms with van der Waals surface area (Å²) in [6.45, 7) is 2.25. The molecule has 2 aromatic carbocycles. The number of aryl methyl sites for hydroxylation is 1. The molecule has 0 aliphatic carbocycles. The smallest absolute Gasteiger partial charge is 0.349 e. The van der Waals surface area contributed by atoms with Crippen LogP contribution < -0.4 is 5.32 Å². The van der Waals surface area contributed by atoms with Crippen molar-refractivity contribution in [1.29, 1.82) is 0 Å². The summed E-state index contributed by atoms with van der Waals surface area (Å²) in [7, 11) is 0. The van der Waals surface area contributed by atoms with Crippen molar-refractivity contribution in [2.75, 3.05) is 13.2 Å². The third-order valence-corrected chi connectivity index (χ3v) is 5.02. The Morgan fingerprint density at radius 3 is 2.48 bits per heavy atom. The van der Waals surface area contributed by atoms with Crippen molar-refractivity contribution < 1.29 is 14.3 Å². The van der Waals surface area contributed by atoms with E-state index in [0.717, 1.165) is 28.7 Å². The Bertz CT molecular complexity index is 901. The summed E-state index contributed by atoms with van der Waals surface area (Å²) >= 11 is 1.32. The van der Waals surface area contributed by atoms with Gasteiger partial charge in [-0.05, 0) is 35.9 Å². The molecule has 0 aliphatic heterocycles. The second-order valence-electron chi connectivity index (χ2n) is 6.19. The molecule has 1 N–H and O–H groups in total. The standard InChI is InChI=1S/C22H21NO3S/c1-16-7-9-18(10-8-16)19-12-14-27-21(19)22(25)26-15-20(24)23-13-11-17-5-3-2-4-6-17/h2-10,12,14H,11,13,15H2,1H3,(H,23,24). The van der Waals surface area contributed by atoms with Gasteiger partial charge in [0.25, 0.3) is 5.91 Å². The molecule has 0 unspecified atom stereocenters. The molecular weight excluding hydrogens is 358 g/mol. The molecule has 0 saturated carbocycles. The Morgan fingerprint density at radius 1 is 1.00 bits per heavy atom. The first-order valence-corrected chi connectivity index (χ1v) is 9.64. The topological polar surface area (TPSA) is 55.4 Å². The van der Waals surface area contributed by atoms with Gasteiger partial charge < -0.3 is 10.1 Å². The molecule has 5 heteroatoms. The summed E-state index contributed by atoms with van der Waals surface area (Å²) in [5.74, 6) is -0.772. The van der Waals surface area contributed by atoms with Crippen LogP contribution in [0.1, 0.15) is 20.8 Å². The molecule has 0 atom stereocenters. The highest BCUT2D eigenvalue weighted by atomic mass is 32.1.